The van der Waals surface area contributed by atoms with Crippen molar-refractivity contribution in [3.05, 3.63) is 54.6 Å². The third-order valence-electron chi connectivity index (χ3n) is 3.33. The van der Waals surface area contributed by atoms with Gasteiger partial charge in [0.1, 0.15) is 5.69 Å². The predicted molar refractivity (Wildman–Crippen MR) is 87.1 cm³/mol. The lowest BCUT2D eigenvalue weighted by atomic mass is 10.1. The second-order valence-corrected chi connectivity index (χ2v) is 4.86. The fraction of sp³-hybridized carbons (Fsp3) is 0.167. The number of hydrogen-bond donors (Lipinski definition) is 0. The summed E-state index contributed by atoms with van der Waals surface area (Å²) in [7, 11) is 0. The van der Waals surface area contributed by atoms with Crippen LogP contribution in [0.15, 0.2) is 54.6 Å². The summed E-state index contributed by atoms with van der Waals surface area (Å²) in [5.74, 6) is -0.0983. The third kappa shape index (κ3) is 3.29. The van der Waals surface area contributed by atoms with Gasteiger partial charge in [-0.05, 0) is 13.0 Å². The largest absolute Gasteiger partial charge is 0.464 e. The van der Waals surface area contributed by atoms with E-state index in [0.717, 1.165) is 22.0 Å². The van der Waals surface area contributed by atoms with Gasteiger partial charge in [-0.15, -0.1) is 10.2 Å². The van der Waals surface area contributed by atoms with Gasteiger partial charge in [-0.25, -0.2) is 4.79 Å². The van der Waals surface area contributed by atoms with Gasteiger partial charge in [-0.3, -0.25) is 0 Å². The first kappa shape index (κ1) is 15.0. The molecule has 1 aromatic heterocycles. The highest BCUT2D eigenvalue weighted by atomic mass is 16.6. The quantitative estimate of drug-likeness (QED) is 0.677. The Hall–Kier alpha value is -2.95. The molecule has 3 aromatic rings. The molecule has 2 aromatic carbocycles. The van der Waals surface area contributed by atoms with E-state index in [-0.39, 0.29) is 6.61 Å². The summed E-state index contributed by atoms with van der Waals surface area (Å²) < 4.78 is 10.3. The van der Waals surface area contributed by atoms with E-state index in [1.54, 1.807) is 6.92 Å². The maximum atomic E-state index is 11.4. The van der Waals surface area contributed by atoms with Crippen molar-refractivity contribution in [3.63, 3.8) is 0 Å². The number of nitrogens with zero attached hydrogens (tertiary/aromatic N) is 2. The van der Waals surface area contributed by atoms with Crippen LogP contribution in [0.5, 0.6) is 5.88 Å². The van der Waals surface area contributed by atoms with Crippen LogP contribution < -0.4 is 4.74 Å². The predicted octanol–water partition coefficient (Wildman–Crippen LogP) is 3.24. The second kappa shape index (κ2) is 6.87. The Balaban J connectivity index is 1.98. The molecule has 0 bridgehead atoms. The van der Waals surface area contributed by atoms with Crippen LogP contribution in [0.2, 0.25) is 0 Å². The molecule has 5 nitrogen and oxygen atoms in total. The van der Waals surface area contributed by atoms with E-state index < -0.39 is 5.97 Å². The molecule has 0 aliphatic carbocycles. The number of aromatic nitrogens is 2. The molecule has 0 radical (unpaired) electrons. The van der Waals surface area contributed by atoms with Crippen molar-refractivity contribution in [2.45, 2.75) is 6.92 Å². The summed E-state index contributed by atoms with van der Waals surface area (Å²) in [4.78, 5) is 11.4. The van der Waals surface area contributed by atoms with Crippen LogP contribution in [0.4, 0.5) is 0 Å². The van der Waals surface area contributed by atoms with E-state index in [2.05, 4.69) is 10.2 Å². The van der Waals surface area contributed by atoms with E-state index in [0.29, 0.717) is 12.5 Å². The number of fused-ring (bicyclic) bond motifs is 1. The summed E-state index contributed by atoms with van der Waals surface area (Å²) in [6.07, 6.45) is 0. The molecule has 0 aliphatic rings. The fourth-order valence-electron chi connectivity index (χ4n) is 2.33. The number of carbonyl (C=O) groups is 1. The SMILES string of the molecule is CCOC(=O)COc1nnc(-c2ccccc2)c2ccccc12. The summed E-state index contributed by atoms with van der Waals surface area (Å²) in [6.45, 7) is 1.89. The van der Waals surface area contributed by atoms with Crippen LogP contribution >= 0.6 is 0 Å². The molecule has 5 heteroatoms. The van der Waals surface area contributed by atoms with Crippen molar-refractivity contribution in [2.24, 2.45) is 0 Å². The molecule has 0 saturated heterocycles. The molecule has 0 spiro atoms. The van der Waals surface area contributed by atoms with Crippen molar-refractivity contribution >= 4 is 16.7 Å². The monoisotopic (exact) mass is 308 g/mol. The first-order valence-corrected chi connectivity index (χ1v) is 7.39. The van der Waals surface area contributed by atoms with Crippen LogP contribution in [0.3, 0.4) is 0 Å². The maximum absolute atomic E-state index is 11.4. The Morgan fingerprint density at radius 3 is 2.39 bits per heavy atom. The Kier molecular flexibility index (Phi) is 4.47. The lowest BCUT2D eigenvalue weighted by Gasteiger charge is -2.10. The van der Waals surface area contributed by atoms with E-state index in [9.17, 15) is 4.79 Å². The number of hydrogen-bond acceptors (Lipinski definition) is 5. The lowest BCUT2D eigenvalue weighted by Crippen LogP contribution is -2.15. The third-order valence-corrected chi connectivity index (χ3v) is 3.33. The van der Waals surface area contributed by atoms with Gasteiger partial charge in [0.25, 0.3) is 0 Å². The molecule has 116 valence electrons. The van der Waals surface area contributed by atoms with E-state index in [4.69, 9.17) is 9.47 Å². The number of rotatable bonds is 5. The average Bonchev–Trinajstić information content (AvgIpc) is 2.60. The van der Waals surface area contributed by atoms with E-state index >= 15 is 0 Å². The van der Waals surface area contributed by atoms with Gasteiger partial charge in [0.15, 0.2) is 6.61 Å². The molecule has 0 amide bonds. The zero-order chi connectivity index (χ0) is 16.1. The van der Waals surface area contributed by atoms with Gasteiger partial charge >= 0.3 is 5.97 Å². The van der Waals surface area contributed by atoms with Crippen molar-refractivity contribution in [3.8, 4) is 17.1 Å². The van der Waals surface area contributed by atoms with Gasteiger partial charge in [0, 0.05) is 16.3 Å². The Labute approximate surface area is 133 Å². The molecular weight excluding hydrogens is 292 g/mol. The lowest BCUT2D eigenvalue weighted by molar-refractivity contribution is -0.145. The summed E-state index contributed by atoms with van der Waals surface area (Å²) in [6, 6.07) is 17.5. The van der Waals surface area contributed by atoms with Crippen molar-refractivity contribution < 1.29 is 14.3 Å². The van der Waals surface area contributed by atoms with Crippen LogP contribution in [0, 0.1) is 0 Å². The highest BCUT2D eigenvalue weighted by Crippen LogP contribution is 2.30. The summed E-state index contributed by atoms with van der Waals surface area (Å²) in [5, 5.41) is 10.1. The Morgan fingerprint density at radius 2 is 1.65 bits per heavy atom. The molecule has 1 heterocycles. The highest BCUT2D eigenvalue weighted by Gasteiger charge is 2.13. The first-order chi connectivity index (χ1) is 11.3. The Bertz CT molecular complexity index is 819. The molecule has 0 unspecified atom stereocenters. The first-order valence-electron chi connectivity index (χ1n) is 7.39. The zero-order valence-electron chi connectivity index (χ0n) is 12.7. The molecule has 0 saturated carbocycles. The number of carbonyl (C=O) groups excluding carboxylic acids is 1. The maximum Gasteiger partial charge on any atom is 0.344 e. The van der Waals surface area contributed by atoms with Gasteiger partial charge in [-0.2, -0.15) is 0 Å². The van der Waals surface area contributed by atoms with Crippen LogP contribution in [0.25, 0.3) is 22.0 Å². The normalized spacial score (nSPS) is 10.5. The Morgan fingerprint density at radius 1 is 0.957 bits per heavy atom. The van der Waals surface area contributed by atoms with Crippen LogP contribution in [0.1, 0.15) is 6.92 Å². The zero-order valence-corrected chi connectivity index (χ0v) is 12.7. The molecule has 23 heavy (non-hydrogen) atoms. The van der Waals surface area contributed by atoms with Crippen LogP contribution in [-0.4, -0.2) is 29.4 Å². The van der Waals surface area contributed by atoms with E-state index in [1.165, 1.54) is 0 Å². The fourth-order valence-corrected chi connectivity index (χ4v) is 2.33. The number of ether oxygens (including phenoxy) is 2. The second-order valence-electron chi connectivity index (χ2n) is 4.86. The van der Waals surface area contributed by atoms with Gasteiger partial charge in [0.2, 0.25) is 5.88 Å². The average molecular weight is 308 g/mol. The van der Waals surface area contributed by atoms with Crippen molar-refractivity contribution in [1.29, 1.82) is 0 Å². The van der Waals surface area contributed by atoms with Crippen molar-refractivity contribution in [2.75, 3.05) is 13.2 Å². The molecule has 0 aliphatic heterocycles. The van der Waals surface area contributed by atoms with Gasteiger partial charge < -0.3 is 9.47 Å². The minimum Gasteiger partial charge on any atom is -0.464 e. The number of benzene rings is 2. The van der Waals surface area contributed by atoms with Gasteiger partial charge in [-0.1, -0.05) is 48.5 Å². The highest BCUT2D eigenvalue weighted by molar-refractivity contribution is 5.96. The number of esters is 1. The molecule has 0 N–H and O–H groups in total. The van der Waals surface area contributed by atoms with Crippen molar-refractivity contribution in [1.82, 2.24) is 10.2 Å². The van der Waals surface area contributed by atoms with Gasteiger partial charge in [0.05, 0.1) is 6.61 Å². The molecular formula is C18H16N2O3. The topological polar surface area (TPSA) is 61.3 Å². The molecule has 0 atom stereocenters. The summed E-state index contributed by atoms with van der Waals surface area (Å²) in [5.41, 5.74) is 1.76. The van der Waals surface area contributed by atoms with Crippen LogP contribution in [-0.2, 0) is 9.53 Å². The smallest absolute Gasteiger partial charge is 0.344 e. The minimum atomic E-state index is -0.425. The minimum absolute atomic E-state index is 0.183. The molecule has 0 fully saturated rings. The summed E-state index contributed by atoms with van der Waals surface area (Å²) >= 11 is 0. The molecule has 3 rings (SSSR count). The standard InChI is InChI=1S/C18H16N2O3/c1-2-22-16(21)12-23-18-15-11-7-6-10-14(15)17(19-20-18)13-8-4-3-5-9-13/h3-11H,2,12H2,1H3. The van der Waals surface area contributed by atoms with E-state index in [1.807, 2.05) is 54.6 Å².